The molecule has 34 heavy (non-hydrogen) atoms. The number of sulfonamides is 1. The van der Waals surface area contributed by atoms with Crippen molar-refractivity contribution in [1.82, 2.24) is 5.32 Å². The van der Waals surface area contributed by atoms with E-state index in [0.717, 1.165) is 5.56 Å². The third-order valence-electron chi connectivity index (χ3n) is 4.98. The number of anilines is 2. The van der Waals surface area contributed by atoms with Crippen LogP contribution in [0.15, 0.2) is 77.7 Å². The van der Waals surface area contributed by atoms with Crippen LogP contribution in [0.3, 0.4) is 0 Å². The van der Waals surface area contributed by atoms with Gasteiger partial charge in [-0.2, -0.15) is 0 Å². The maximum absolute atomic E-state index is 12.7. The van der Waals surface area contributed by atoms with Gasteiger partial charge in [0, 0.05) is 23.7 Å². The molecule has 0 bridgehead atoms. The van der Waals surface area contributed by atoms with Crippen molar-refractivity contribution in [2.24, 2.45) is 5.92 Å². The molecule has 8 nitrogen and oxygen atoms in total. The Hall–Kier alpha value is -3.85. The van der Waals surface area contributed by atoms with Crippen molar-refractivity contribution in [3.8, 4) is 5.75 Å². The summed E-state index contributed by atoms with van der Waals surface area (Å²) in [5.41, 5.74) is 2.20. The van der Waals surface area contributed by atoms with Crippen LogP contribution in [0.2, 0.25) is 0 Å². The Morgan fingerprint density at radius 1 is 0.912 bits per heavy atom. The van der Waals surface area contributed by atoms with E-state index in [9.17, 15) is 18.0 Å². The molecule has 0 aliphatic carbocycles. The number of hydrogen-bond donors (Lipinski definition) is 3. The summed E-state index contributed by atoms with van der Waals surface area (Å²) in [4.78, 5) is 24.3. The average molecular weight is 482 g/mol. The fourth-order valence-electron chi connectivity index (χ4n) is 3.00. The van der Waals surface area contributed by atoms with Crippen LogP contribution in [0.4, 0.5) is 11.4 Å². The molecule has 0 aliphatic heterocycles. The zero-order valence-corrected chi connectivity index (χ0v) is 20.0. The number of benzene rings is 3. The minimum absolute atomic E-state index is 0.0222. The quantitative estimate of drug-likeness (QED) is 0.427. The second-order valence-electron chi connectivity index (χ2n) is 7.85. The summed E-state index contributed by atoms with van der Waals surface area (Å²) in [6.07, 6.45) is 0. The Kier molecular flexibility index (Phi) is 7.91. The monoisotopic (exact) mass is 481 g/mol. The van der Waals surface area contributed by atoms with Crippen LogP contribution < -0.4 is 20.1 Å². The smallest absolute Gasteiger partial charge is 0.262 e. The SMILES string of the molecule is COc1ccccc1NS(=O)(=O)c1ccc(C(=O)NCc2ccc(NC(=O)C(C)C)cc2)cc1. The molecule has 3 N–H and O–H groups in total. The molecular formula is C25H27N3O5S. The van der Waals surface area contributed by atoms with Gasteiger partial charge in [0.15, 0.2) is 0 Å². The first-order valence-corrected chi connectivity index (χ1v) is 12.1. The molecule has 3 aromatic rings. The van der Waals surface area contributed by atoms with Gasteiger partial charge in [-0.3, -0.25) is 14.3 Å². The predicted molar refractivity (Wildman–Crippen MR) is 131 cm³/mol. The van der Waals surface area contributed by atoms with E-state index in [4.69, 9.17) is 4.74 Å². The topological polar surface area (TPSA) is 114 Å². The van der Waals surface area contributed by atoms with Gasteiger partial charge < -0.3 is 15.4 Å². The van der Waals surface area contributed by atoms with E-state index < -0.39 is 10.0 Å². The Bertz CT molecular complexity index is 1250. The lowest BCUT2D eigenvalue weighted by molar-refractivity contribution is -0.118. The van der Waals surface area contributed by atoms with Crippen molar-refractivity contribution >= 4 is 33.2 Å². The molecule has 0 saturated heterocycles. The van der Waals surface area contributed by atoms with Crippen LogP contribution >= 0.6 is 0 Å². The molecular weight excluding hydrogens is 454 g/mol. The van der Waals surface area contributed by atoms with Crippen LogP contribution in [0.1, 0.15) is 29.8 Å². The van der Waals surface area contributed by atoms with Crippen molar-refractivity contribution in [2.75, 3.05) is 17.1 Å². The molecule has 3 aromatic carbocycles. The van der Waals surface area contributed by atoms with Crippen molar-refractivity contribution < 1.29 is 22.7 Å². The van der Waals surface area contributed by atoms with Gasteiger partial charge in [0.05, 0.1) is 17.7 Å². The van der Waals surface area contributed by atoms with Gasteiger partial charge in [-0.1, -0.05) is 38.1 Å². The van der Waals surface area contributed by atoms with Gasteiger partial charge in [0.2, 0.25) is 5.91 Å². The number of amides is 2. The van der Waals surface area contributed by atoms with E-state index >= 15 is 0 Å². The van der Waals surface area contributed by atoms with Gasteiger partial charge in [-0.05, 0) is 54.1 Å². The standard InChI is InChI=1S/C25H27N3O5S/c1-17(2)24(29)27-20-12-8-18(9-13-20)16-26-25(30)19-10-14-21(15-11-19)34(31,32)28-22-6-4-5-7-23(22)33-3/h4-15,17,28H,16H2,1-3H3,(H,26,30)(H,27,29). The summed E-state index contributed by atoms with van der Waals surface area (Å²) in [5.74, 6) is -0.113. The minimum atomic E-state index is -3.85. The molecule has 0 aromatic heterocycles. The molecule has 0 spiro atoms. The lowest BCUT2D eigenvalue weighted by atomic mass is 10.1. The van der Waals surface area contributed by atoms with Gasteiger partial charge in [0.1, 0.15) is 5.75 Å². The maximum Gasteiger partial charge on any atom is 0.262 e. The van der Waals surface area contributed by atoms with Crippen LogP contribution in [0.5, 0.6) is 5.75 Å². The highest BCUT2D eigenvalue weighted by Crippen LogP contribution is 2.26. The van der Waals surface area contributed by atoms with Gasteiger partial charge in [-0.25, -0.2) is 8.42 Å². The number of rotatable bonds is 9. The van der Waals surface area contributed by atoms with Crippen LogP contribution in [0, 0.1) is 5.92 Å². The molecule has 0 fully saturated rings. The highest BCUT2D eigenvalue weighted by Gasteiger charge is 2.17. The summed E-state index contributed by atoms with van der Waals surface area (Å²) < 4.78 is 33.1. The molecule has 0 unspecified atom stereocenters. The van der Waals surface area contributed by atoms with Gasteiger partial charge in [-0.15, -0.1) is 0 Å². The number of methoxy groups -OCH3 is 1. The van der Waals surface area contributed by atoms with Crippen molar-refractivity contribution in [1.29, 1.82) is 0 Å². The molecule has 0 atom stereocenters. The average Bonchev–Trinajstić information content (AvgIpc) is 2.83. The number of carbonyl (C=O) groups is 2. The Morgan fingerprint density at radius 2 is 1.56 bits per heavy atom. The number of nitrogens with one attached hydrogen (secondary N) is 3. The number of ether oxygens (including phenoxy) is 1. The normalized spacial score (nSPS) is 11.1. The van der Waals surface area contributed by atoms with E-state index in [1.807, 2.05) is 26.0 Å². The summed E-state index contributed by atoms with van der Waals surface area (Å²) in [6, 6.07) is 19.5. The first kappa shape index (κ1) is 24.8. The maximum atomic E-state index is 12.7. The lowest BCUT2D eigenvalue weighted by Gasteiger charge is -2.12. The Morgan fingerprint density at radius 3 is 2.18 bits per heavy atom. The van der Waals surface area contributed by atoms with E-state index in [-0.39, 0.29) is 29.2 Å². The van der Waals surface area contributed by atoms with Crippen LogP contribution in [-0.2, 0) is 21.4 Å². The summed E-state index contributed by atoms with van der Waals surface area (Å²) in [7, 11) is -2.40. The highest BCUT2D eigenvalue weighted by molar-refractivity contribution is 7.92. The third-order valence-corrected chi connectivity index (χ3v) is 6.36. The van der Waals surface area contributed by atoms with Crippen LogP contribution in [0.25, 0.3) is 0 Å². The molecule has 0 heterocycles. The number of hydrogen-bond acceptors (Lipinski definition) is 5. The molecule has 0 saturated carbocycles. The third kappa shape index (κ3) is 6.35. The number of carbonyl (C=O) groups excluding carboxylic acids is 2. The fourth-order valence-corrected chi connectivity index (χ4v) is 4.07. The summed E-state index contributed by atoms with van der Waals surface area (Å²) in [6.45, 7) is 3.92. The first-order chi connectivity index (χ1) is 16.2. The van der Waals surface area contributed by atoms with E-state index in [0.29, 0.717) is 22.7 Å². The van der Waals surface area contributed by atoms with Crippen molar-refractivity contribution in [3.63, 3.8) is 0 Å². The zero-order chi connectivity index (χ0) is 24.7. The first-order valence-electron chi connectivity index (χ1n) is 10.6. The second-order valence-corrected chi connectivity index (χ2v) is 9.54. The van der Waals surface area contributed by atoms with Crippen molar-refractivity contribution in [3.05, 3.63) is 83.9 Å². The molecule has 178 valence electrons. The van der Waals surface area contributed by atoms with Gasteiger partial charge in [0.25, 0.3) is 15.9 Å². The summed E-state index contributed by atoms with van der Waals surface area (Å²) >= 11 is 0. The lowest BCUT2D eigenvalue weighted by Crippen LogP contribution is -2.23. The highest BCUT2D eigenvalue weighted by atomic mass is 32.2. The Labute approximate surface area is 199 Å². The minimum Gasteiger partial charge on any atom is -0.495 e. The Balaban J connectivity index is 1.60. The largest absolute Gasteiger partial charge is 0.495 e. The molecule has 0 radical (unpaired) electrons. The molecule has 3 rings (SSSR count). The molecule has 9 heteroatoms. The number of para-hydroxylation sites is 2. The zero-order valence-electron chi connectivity index (χ0n) is 19.2. The van der Waals surface area contributed by atoms with E-state index in [1.54, 1.807) is 36.4 Å². The van der Waals surface area contributed by atoms with Crippen molar-refractivity contribution in [2.45, 2.75) is 25.3 Å². The van der Waals surface area contributed by atoms with E-state index in [1.165, 1.54) is 31.4 Å². The second kappa shape index (κ2) is 10.8. The molecule has 2 amide bonds. The fraction of sp³-hybridized carbons (Fsp3) is 0.200. The van der Waals surface area contributed by atoms with E-state index in [2.05, 4.69) is 15.4 Å². The summed E-state index contributed by atoms with van der Waals surface area (Å²) in [5, 5.41) is 5.61. The van der Waals surface area contributed by atoms with Gasteiger partial charge >= 0.3 is 0 Å². The predicted octanol–water partition coefficient (Wildman–Crippen LogP) is 4.02. The molecule has 0 aliphatic rings. The van der Waals surface area contributed by atoms with Crippen LogP contribution in [-0.4, -0.2) is 27.3 Å².